The summed E-state index contributed by atoms with van der Waals surface area (Å²) in [5.41, 5.74) is 9.12. The molecule has 1 atom stereocenters. The lowest BCUT2D eigenvalue weighted by atomic mass is 9.98. The van der Waals surface area contributed by atoms with Crippen LogP contribution in [0.15, 0.2) is 30.6 Å². The zero-order valence-electron chi connectivity index (χ0n) is 10.9. The van der Waals surface area contributed by atoms with Gasteiger partial charge in [0.2, 0.25) is 5.88 Å². The van der Waals surface area contributed by atoms with Crippen molar-refractivity contribution < 1.29 is 4.74 Å². The molecule has 0 saturated heterocycles. The highest BCUT2D eigenvalue weighted by molar-refractivity contribution is 6.31. The van der Waals surface area contributed by atoms with Gasteiger partial charge in [-0.2, -0.15) is 0 Å². The Bertz CT molecular complexity index is 574. The Kier molecular flexibility index (Phi) is 4.35. The number of benzene rings is 1. The third kappa shape index (κ3) is 3.22. The van der Waals surface area contributed by atoms with E-state index in [0.29, 0.717) is 12.3 Å². The fourth-order valence-electron chi connectivity index (χ4n) is 1.96. The molecule has 0 radical (unpaired) electrons. The normalized spacial score (nSPS) is 12.2. The van der Waals surface area contributed by atoms with E-state index in [1.54, 1.807) is 13.2 Å². The maximum absolute atomic E-state index is 6.23. The lowest BCUT2D eigenvalue weighted by Crippen LogP contribution is -2.15. The molecule has 2 rings (SSSR count). The lowest BCUT2D eigenvalue weighted by Gasteiger charge is -2.15. The van der Waals surface area contributed by atoms with Crippen LogP contribution in [0.2, 0.25) is 5.02 Å². The molecule has 0 aliphatic heterocycles. The van der Waals surface area contributed by atoms with Gasteiger partial charge in [0.1, 0.15) is 6.33 Å². The van der Waals surface area contributed by atoms with Crippen molar-refractivity contribution in [2.75, 3.05) is 7.11 Å². The van der Waals surface area contributed by atoms with Crippen molar-refractivity contribution in [1.82, 2.24) is 9.97 Å². The largest absolute Gasteiger partial charge is 0.481 e. The number of aromatic nitrogens is 2. The Morgan fingerprint density at radius 3 is 2.89 bits per heavy atom. The van der Waals surface area contributed by atoms with Crippen molar-refractivity contribution in [3.05, 3.63) is 52.4 Å². The molecule has 0 spiro atoms. The van der Waals surface area contributed by atoms with Gasteiger partial charge < -0.3 is 10.5 Å². The first-order valence-corrected chi connectivity index (χ1v) is 6.35. The van der Waals surface area contributed by atoms with Crippen LogP contribution in [0.25, 0.3) is 0 Å². The van der Waals surface area contributed by atoms with Crippen LogP contribution < -0.4 is 10.5 Å². The number of methoxy groups -OCH3 is 1. The van der Waals surface area contributed by atoms with E-state index in [2.05, 4.69) is 9.97 Å². The summed E-state index contributed by atoms with van der Waals surface area (Å²) < 4.78 is 5.07. The van der Waals surface area contributed by atoms with Crippen LogP contribution in [-0.2, 0) is 6.42 Å². The van der Waals surface area contributed by atoms with Crippen LogP contribution in [0.5, 0.6) is 5.88 Å². The molecule has 0 amide bonds. The molecule has 0 bridgehead atoms. The monoisotopic (exact) mass is 277 g/mol. The summed E-state index contributed by atoms with van der Waals surface area (Å²) in [6, 6.07) is 7.40. The number of halogens is 1. The summed E-state index contributed by atoms with van der Waals surface area (Å²) >= 11 is 6.11. The van der Waals surface area contributed by atoms with Gasteiger partial charge in [-0.25, -0.2) is 9.97 Å². The fraction of sp³-hybridized carbons (Fsp3) is 0.286. The van der Waals surface area contributed by atoms with Crippen LogP contribution in [0.1, 0.15) is 22.9 Å². The van der Waals surface area contributed by atoms with E-state index in [4.69, 9.17) is 22.1 Å². The minimum atomic E-state index is -0.154. The predicted octanol–water partition coefficient (Wildman–Crippen LogP) is 2.69. The second kappa shape index (κ2) is 5.99. The summed E-state index contributed by atoms with van der Waals surface area (Å²) in [5, 5.41) is 0.730. The molecule has 19 heavy (non-hydrogen) atoms. The Morgan fingerprint density at radius 2 is 2.16 bits per heavy atom. The van der Waals surface area contributed by atoms with Gasteiger partial charge in [-0.3, -0.25) is 0 Å². The molecule has 0 fully saturated rings. The highest BCUT2D eigenvalue weighted by Crippen LogP contribution is 2.25. The third-order valence-electron chi connectivity index (χ3n) is 3.05. The molecular formula is C14H16ClN3O. The first-order valence-electron chi connectivity index (χ1n) is 5.97. The standard InChI is InChI=1S/C14H16ClN3O/c1-9-11(4-3-5-12(9)15)13(16)6-10-7-14(19-2)18-8-17-10/h3-5,7-8,13H,6,16H2,1-2H3. The van der Waals surface area contributed by atoms with Gasteiger partial charge in [0.25, 0.3) is 0 Å². The van der Waals surface area contributed by atoms with E-state index in [1.807, 2.05) is 25.1 Å². The molecule has 2 aromatic rings. The first kappa shape index (κ1) is 13.8. The second-order valence-corrected chi connectivity index (χ2v) is 4.72. The van der Waals surface area contributed by atoms with E-state index in [-0.39, 0.29) is 6.04 Å². The Labute approximate surface area is 117 Å². The Hall–Kier alpha value is -1.65. The van der Waals surface area contributed by atoms with Gasteiger partial charge >= 0.3 is 0 Å². The van der Waals surface area contributed by atoms with Crippen LogP contribution in [0.4, 0.5) is 0 Å². The maximum atomic E-state index is 6.23. The van der Waals surface area contributed by atoms with Crippen molar-refractivity contribution in [2.24, 2.45) is 5.73 Å². The molecule has 4 nitrogen and oxygen atoms in total. The highest BCUT2D eigenvalue weighted by atomic mass is 35.5. The molecule has 2 N–H and O–H groups in total. The minimum Gasteiger partial charge on any atom is -0.481 e. The number of ether oxygens (including phenoxy) is 1. The van der Waals surface area contributed by atoms with Crippen molar-refractivity contribution in [1.29, 1.82) is 0 Å². The summed E-state index contributed by atoms with van der Waals surface area (Å²) in [5.74, 6) is 0.542. The summed E-state index contributed by atoms with van der Waals surface area (Å²) in [4.78, 5) is 8.18. The lowest BCUT2D eigenvalue weighted by molar-refractivity contribution is 0.395. The number of rotatable bonds is 4. The summed E-state index contributed by atoms with van der Waals surface area (Å²) in [7, 11) is 1.58. The Balaban J connectivity index is 2.20. The van der Waals surface area contributed by atoms with Gasteiger partial charge in [0.05, 0.1) is 7.11 Å². The molecule has 1 aromatic heterocycles. The van der Waals surface area contributed by atoms with Crippen molar-refractivity contribution in [3.63, 3.8) is 0 Å². The van der Waals surface area contributed by atoms with Crippen molar-refractivity contribution in [2.45, 2.75) is 19.4 Å². The fourth-order valence-corrected chi connectivity index (χ4v) is 2.14. The van der Waals surface area contributed by atoms with Gasteiger partial charge in [-0.1, -0.05) is 23.7 Å². The molecular weight excluding hydrogens is 262 g/mol. The van der Waals surface area contributed by atoms with E-state index < -0.39 is 0 Å². The van der Waals surface area contributed by atoms with Crippen molar-refractivity contribution in [3.8, 4) is 5.88 Å². The van der Waals surface area contributed by atoms with E-state index >= 15 is 0 Å². The first-order chi connectivity index (χ1) is 9.11. The second-order valence-electron chi connectivity index (χ2n) is 4.32. The predicted molar refractivity (Wildman–Crippen MR) is 75.4 cm³/mol. The molecule has 1 aromatic carbocycles. The molecule has 0 saturated carbocycles. The molecule has 0 aliphatic rings. The average Bonchev–Trinajstić information content (AvgIpc) is 2.42. The van der Waals surface area contributed by atoms with Crippen LogP contribution in [0.3, 0.4) is 0 Å². The molecule has 1 unspecified atom stereocenters. The zero-order chi connectivity index (χ0) is 13.8. The Morgan fingerprint density at radius 1 is 1.37 bits per heavy atom. The summed E-state index contributed by atoms with van der Waals surface area (Å²) in [6.07, 6.45) is 2.09. The molecule has 100 valence electrons. The van der Waals surface area contributed by atoms with Crippen LogP contribution in [0, 0.1) is 6.92 Å². The SMILES string of the molecule is COc1cc(CC(N)c2cccc(Cl)c2C)ncn1. The van der Waals surface area contributed by atoms with Gasteiger partial charge in [0.15, 0.2) is 0 Å². The van der Waals surface area contributed by atoms with E-state index in [0.717, 1.165) is 21.8 Å². The maximum Gasteiger partial charge on any atom is 0.216 e. The zero-order valence-corrected chi connectivity index (χ0v) is 11.7. The van der Waals surface area contributed by atoms with E-state index in [1.165, 1.54) is 6.33 Å². The topological polar surface area (TPSA) is 61.0 Å². The van der Waals surface area contributed by atoms with Gasteiger partial charge in [-0.15, -0.1) is 0 Å². The number of hydrogen-bond acceptors (Lipinski definition) is 4. The number of hydrogen-bond donors (Lipinski definition) is 1. The molecule has 0 aliphatic carbocycles. The number of nitrogens with zero attached hydrogens (tertiary/aromatic N) is 2. The molecule has 1 heterocycles. The van der Waals surface area contributed by atoms with Crippen molar-refractivity contribution >= 4 is 11.6 Å². The van der Waals surface area contributed by atoms with Gasteiger partial charge in [-0.05, 0) is 24.1 Å². The molecule has 5 heteroatoms. The van der Waals surface area contributed by atoms with Crippen LogP contribution >= 0.6 is 11.6 Å². The van der Waals surface area contributed by atoms with E-state index in [9.17, 15) is 0 Å². The average molecular weight is 278 g/mol. The van der Waals surface area contributed by atoms with Crippen LogP contribution in [-0.4, -0.2) is 17.1 Å². The minimum absolute atomic E-state index is 0.154. The summed E-state index contributed by atoms with van der Waals surface area (Å²) in [6.45, 7) is 1.97. The third-order valence-corrected chi connectivity index (χ3v) is 3.46. The quantitative estimate of drug-likeness (QED) is 0.933. The smallest absolute Gasteiger partial charge is 0.216 e. The number of nitrogens with two attached hydrogens (primary N) is 1. The van der Waals surface area contributed by atoms with Gasteiger partial charge in [0, 0.05) is 29.2 Å². The highest BCUT2D eigenvalue weighted by Gasteiger charge is 2.12.